The maximum absolute atomic E-state index is 12.2. The molecular weight excluding hydrogens is 171 g/mol. The summed E-state index contributed by atoms with van der Waals surface area (Å²) in [6, 6.07) is 0. The summed E-state index contributed by atoms with van der Waals surface area (Å²) < 4.78 is 12.2. The summed E-state index contributed by atoms with van der Waals surface area (Å²) in [6.07, 6.45) is 2.04. The molecule has 0 aliphatic rings. The van der Waals surface area contributed by atoms with Gasteiger partial charge in [0.05, 0.1) is 12.5 Å². The molecule has 2 heterocycles. The van der Waals surface area contributed by atoms with Crippen LogP contribution >= 0.6 is 12.4 Å². The maximum Gasteiger partial charge on any atom is 0.310 e. The molecule has 0 saturated heterocycles. The van der Waals surface area contributed by atoms with Gasteiger partial charge < -0.3 is 4.98 Å². The lowest BCUT2D eigenvalue weighted by Gasteiger charge is -1.84. The minimum Gasteiger partial charge on any atom is -0.342 e. The van der Waals surface area contributed by atoms with Gasteiger partial charge in [-0.3, -0.25) is 0 Å². The van der Waals surface area contributed by atoms with E-state index in [0.717, 1.165) is 0 Å². The molecule has 0 fully saturated rings. The lowest BCUT2D eigenvalue weighted by Crippen LogP contribution is -1.87. The molecule has 0 aliphatic heterocycles. The van der Waals surface area contributed by atoms with Gasteiger partial charge in [0.2, 0.25) is 0 Å². The topological polar surface area (TPSA) is 54.5 Å². The van der Waals surface area contributed by atoms with Crippen LogP contribution < -0.4 is 0 Å². The number of imidazole rings is 1. The van der Waals surface area contributed by atoms with Gasteiger partial charge in [-0.05, 0) is 0 Å². The highest BCUT2D eigenvalue weighted by molar-refractivity contribution is 5.85. The van der Waals surface area contributed by atoms with E-state index in [9.17, 15) is 4.39 Å². The fourth-order valence-electron chi connectivity index (χ4n) is 0.715. The van der Waals surface area contributed by atoms with Crippen molar-refractivity contribution in [3.05, 3.63) is 18.6 Å². The first-order chi connectivity index (χ1) is 4.86. The summed E-state index contributed by atoms with van der Waals surface area (Å²) in [6.45, 7) is 0. The number of rotatable bonds is 0. The molecule has 0 radical (unpaired) electrons. The van der Waals surface area contributed by atoms with Crippen LogP contribution in [0.25, 0.3) is 11.2 Å². The van der Waals surface area contributed by atoms with Gasteiger partial charge >= 0.3 is 6.08 Å². The van der Waals surface area contributed by atoms with Crippen molar-refractivity contribution in [2.45, 2.75) is 0 Å². The van der Waals surface area contributed by atoms with Crippen molar-refractivity contribution in [2.24, 2.45) is 0 Å². The van der Waals surface area contributed by atoms with Crippen molar-refractivity contribution >= 4 is 23.6 Å². The molecule has 2 aromatic heterocycles. The third kappa shape index (κ3) is 1.27. The van der Waals surface area contributed by atoms with Crippen molar-refractivity contribution in [1.29, 1.82) is 0 Å². The zero-order valence-electron chi connectivity index (χ0n) is 5.28. The van der Waals surface area contributed by atoms with Crippen LogP contribution in [0.3, 0.4) is 0 Å². The summed E-state index contributed by atoms with van der Waals surface area (Å²) in [5.74, 6) is 0. The highest BCUT2D eigenvalue weighted by atomic mass is 35.5. The number of aromatic nitrogens is 4. The summed E-state index contributed by atoms with van der Waals surface area (Å²) in [5.41, 5.74) is 0.994. The number of halogens is 2. The third-order valence-electron chi connectivity index (χ3n) is 1.15. The molecule has 6 heteroatoms. The first kappa shape index (κ1) is 7.87. The molecular formula is C5H4ClFN4. The molecule has 4 nitrogen and oxygen atoms in total. The Hall–Kier alpha value is -1.23. The monoisotopic (exact) mass is 174 g/mol. The van der Waals surface area contributed by atoms with E-state index in [2.05, 4.69) is 19.9 Å². The number of nitrogens with one attached hydrogen (secondary N) is 1. The third-order valence-corrected chi connectivity index (χ3v) is 1.15. The lowest BCUT2D eigenvalue weighted by molar-refractivity contribution is 0.544. The van der Waals surface area contributed by atoms with E-state index in [1.54, 1.807) is 0 Å². The molecule has 0 aliphatic carbocycles. The van der Waals surface area contributed by atoms with Crippen molar-refractivity contribution < 1.29 is 4.39 Å². The SMILES string of the molecule is Cl.Fc1ncc2[nH]cnc2n1. The average Bonchev–Trinajstić information content (AvgIpc) is 2.33. The molecule has 11 heavy (non-hydrogen) atoms. The van der Waals surface area contributed by atoms with Crippen LogP contribution in [-0.2, 0) is 0 Å². The summed E-state index contributed by atoms with van der Waals surface area (Å²) in [4.78, 5) is 13.2. The first-order valence-electron chi connectivity index (χ1n) is 2.68. The smallest absolute Gasteiger partial charge is 0.310 e. The van der Waals surface area contributed by atoms with Crippen molar-refractivity contribution in [3.63, 3.8) is 0 Å². The van der Waals surface area contributed by atoms with Gasteiger partial charge in [-0.15, -0.1) is 12.4 Å². The number of H-pyrrole nitrogens is 1. The Labute approximate surface area is 67.3 Å². The Balaban J connectivity index is 0.000000605. The largest absolute Gasteiger partial charge is 0.342 e. The van der Waals surface area contributed by atoms with E-state index in [0.29, 0.717) is 11.2 Å². The molecule has 0 spiro atoms. The molecule has 0 amide bonds. The van der Waals surface area contributed by atoms with Gasteiger partial charge in [0.1, 0.15) is 5.52 Å². The molecule has 0 atom stereocenters. The Morgan fingerprint density at radius 2 is 2.18 bits per heavy atom. The van der Waals surface area contributed by atoms with Gasteiger partial charge in [-0.1, -0.05) is 0 Å². The molecule has 0 saturated carbocycles. The van der Waals surface area contributed by atoms with Crippen LogP contribution in [0.4, 0.5) is 4.39 Å². The number of nitrogens with zero attached hydrogens (tertiary/aromatic N) is 3. The highest BCUT2D eigenvalue weighted by Crippen LogP contribution is 2.01. The second kappa shape index (κ2) is 2.79. The van der Waals surface area contributed by atoms with Crippen LogP contribution in [0.1, 0.15) is 0 Å². The van der Waals surface area contributed by atoms with Crippen LogP contribution in [0.5, 0.6) is 0 Å². The number of hydrogen-bond donors (Lipinski definition) is 1. The van der Waals surface area contributed by atoms with Gasteiger partial charge in [-0.2, -0.15) is 9.37 Å². The van der Waals surface area contributed by atoms with Crippen LogP contribution in [0.2, 0.25) is 0 Å². The fraction of sp³-hybridized carbons (Fsp3) is 0. The minimum absolute atomic E-state index is 0. The fourth-order valence-corrected chi connectivity index (χ4v) is 0.715. The number of hydrogen-bond acceptors (Lipinski definition) is 3. The summed E-state index contributed by atoms with van der Waals surface area (Å²) >= 11 is 0. The second-order valence-electron chi connectivity index (χ2n) is 1.78. The van der Waals surface area contributed by atoms with Crippen LogP contribution in [0.15, 0.2) is 12.5 Å². The summed E-state index contributed by atoms with van der Waals surface area (Å²) in [7, 11) is 0. The van der Waals surface area contributed by atoms with Crippen LogP contribution in [0, 0.1) is 6.08 Å². The van der Waals surface area contributed by atoms with E-state index in [1.807, 2.05) is 0 Å². The average molecular weight is 175 g/mol. The predicted molar refractivity (Wildman–Crippen MR) is 38.9 cm³/mol. The lowest BCUT2D eigenvalue weighted by atomic mass is 10.6. The Bertz CT molecular complexity index is 360. The zero-order chi connectivity index (χ0) is 6.97. The number of fused-ring (bicyclic) bond motifs is 1. The standard InChI is InChI=1S/C5H3FN4.ClH/c6-5-7-1-3-4(10-5)9-2-8-3;/h1-2H,(H,7,8,9,10);1H. The second-order valence-corrected chi connectivity index (χ2v) is 1.78. The number of aromatic amines is 1. The van der Waals surface area contributed by atoms with Gasteiger partial charge in [-0.25, -0.2) is 9.97 Å². The molecule has 0 unspecified atom stereocenters. The Kier molecular flexibility index (Phi) is 2.00. The maximum atomic E-state index is 12.2. The molecule has 2 rings (SSSR count). The molecule has 2 aromatic rings. The normalized spacial score (nSPS) is 9.55. The van der Waals surface area contributed by atoms with Gasteiger partial charge in [0.25, 0.3) is 0 Å². The zero-order valence-corrected chi connectivity index (χ0v) is 6.10. The Morgan fingerprint density at radius 3 is 3.00 bits per heavy atom. The molecule has 58 valence electrons. The van der Waals surface area contributed by atoms with Gasteiger partial charge in [0.15, 0.2) is 5.65 Å². The van der Waals surface area contributed by atoms with Crippen molar-refractivity contribution in [1.82, 2.24) is 19.9 Å². The van der Waals surface area contributed by atoms with Crippen molar-refractivity contribution in [3.8, 4) is 0 Å². The van der Waals surface area contributed by atoms with E-state index >= 15 is 0 Å². The molecule has 1 N–H and O–H groups in total. The first-order valence-corrected chi connectivity index (χ1v) is 2.68. The van der Waals surface area contributed by atoms with Crippen molar-refractivity contribution in [2.75, 3.05) is 0 Å². The highest BCUT2D eigenvalue weighted by Gasteiger charge is 1.98. The van der Waals surface area contributed by atoms with E-state index in [4.69, 9.17) is 0 Å². The van der Waals surface area contributed by atoms with E-state index < -0.39 is 6.08 Å². The van der Waals surface area contributed by atoms with E-state index in [1.165, 1.54) is 12.5 Å². The minimum atomic E-state index is -0.750. The predicted octanol–water partition coefficient (Wildman–Crippen LogP) is 0.914. The molecule has 0 aromatic carbocycles. The Morgan fingerprint density at radius 1 is 1.36 bits per heavy atom. The quantitative estimate of drug-likeness (QED) is 0.604. The van der Waals surface area contributed by atoms with Crippen LogP contribution in [-0.4, -0.2) is 19.9 Å². The van der Waals surface area contributed by atoms with Gasteiger partial charge in [0, 0.05) is 0 Å². The van der Waals surface area contributed by atoms with E-state index in [-0.39, 0.29) is 12.4 Å². The molecule has 0 bridgehead atoms. The summed E-state index contributed by atoms with van der Waals surface area (Å²) in [5, 5.41) is 0.